The molecule has 0 bridgehead atoms. The van der Waals surface area contributed by atoms with E-state index in [0.717, 1.165) is 33.8 Å². The molecule has 0 radical (unpaired) electrons. The molecule has 148 valence electrons. The fourth-order valence-corrected chi connectivity index (χ4v) is 3.68. The van der Waals surface area contributed by atoms with Crippen molar-refractivity contribution in [2.24, 2.45) is 5.92 Å². The largest absolute Gasteiger partial charge is 0.411 e. The van der Waals surface area contributed by atoms with Crippen molar-refractivity contribution in [1.29, 1.82) is 0 Å². The number of hydrogen-bond acceptors (Lipinski definition) is 4. The minimum absolute atomic E-state index is 0.245. The van der Waals surface area contributed by atoms with Crippen molar-refractivity contribution >= 4 is 11.6 Å². The summed E-state index contributed by atoms with van der Waals surface area (Å²) in [4.78, 5) is 20.7. The van der Waals surface area contributed by atoms with Gasteiger partial charge in [0.15, 0.2) is 0 Å². The number of aryl methyl sites for hydroxylation is 2. The highest BCUT2D eigenvalue weighted by Crippen LogP contribution is 2.32. The highest BCUT2D eigenvalue weighted by Gasteiger charge is 2.26. The normalized spacial score (nSPS) is 11.5. The predicted octanol–water partition coefficient (Wildman–Crippen LogP) is 2.89. The summed E-state index contributed by atoms with van der Waals surface area (Å²) < 4.78 is 2.94. The lowest BCUT2D eigenvalue weighted by atomic mass is 9.99. The van der Waals surface area contributed by atoms with Crippen LogP contribution in [0.3, 0.4) is 0 Å². The van der Waals surface area contributed by atoms with Gasteiger partial charge in [-0.05, 0) is 37.5 Å². The molecule has 29 heavy (non-hydrogen) atoms. The Balaban J connectivity index is 2.14. The lowest BCUT2D eigenvalue weighted by molar-refractivity contribution is -0.351. The second kappa shape index (κ2) is 7.16. The van der Waals surface area contributed by atoms with Crippen LogP contribution in [0.2, 0.25) is 0 Å². The van der Waals surface area contributed by atoms with Gasteiger partial charge >= 0.3 is 11.6 Å². The van der Waals surface area contributed by atoms with Gasteiger partial charge in [-0.2, -0.15) is 4.68 Å². The fourth-order valence-electron chi connectivity index (χ4n) is 3.68. The molecule has 0 amide bonds. The Bertz CT molecular complexity index is 1230. The van der Waals surface area contributed by atoms with Crippen LogP contribution in [0.5, 0.6) is 0 Å². The summed E-state index contributed by atoms with van der Waals surface area (Å²) in [5.41, 5.74) is 11.9. The number of nitrogen functional groups attached to an aromatic ring is 1. The Morgan fingerprint density at radius 1 is 1.07 bits per heavy atom. The van der Waals surface area contributed by atoms with Gasteiger partial charge in [0.2, 0.25) is 5.65 Å². The summed E-state index contributed by atoms with van der Waals surface area (Å²) in [5, 5.41) is 4.68. The van der Waals surface area contributed by atoms with E-state index in [1.807, 2.05) is 56.3 Å². The quantitative estimate of drug-likeness (QED) is 0.581. The Hall–Kier alpha value is -3.48. The van der Waals surface area contributed by atoms with Crippen LogP contribution in [-0.4, -0.2) is 19.2 Å². The lowest BCUT2D eigenvalue weighted by Gasteiger charge is -2.10. The van der Waals surface area contributed by atoms with Crippen LogP contribution >= 0.6 is 0 Å². The molecule has 0 aliphatic heterocycles. The van der Waals surface area contributed by atoms with Crippen LogP contribution in [0, 0.1) is 19.8 Å². The van der Waals surface area contributed by atoms with E-state index < -0.39 is 0 Å². The first-order valence-electron chi connectivity index (χ1n) is 9.70. The Morgan fingerprint density at radius 3 is 2.34 bits per heavy atom. The molecule has 0 fully saturated rings. The van der Waals surface area contributed by atoms with Gasteiger partial charge < -0.3 is 0 Å². The molecule has 7 nitrogen and oxygen atoms in total. The fraction of sp³-hybridized carbons (Fsp3) is 0.273. The summed E-state index contributed by atoms with van der Waals surface area (Å²) in [7, 11) is 0. The van der Waals surface area contributed by atoms with Crippen molar-refractivity contribution in [3.8, 4) is 22.4 Å². The number of nitrogens with two attached hydrogens (primary N) is 1. The van der Waals surface area contributed by atoms with Crippen LogP contribution in [0.1, 0.15) is 25.2 Å². The second-order valence-electron chi connectivity index (χ2n) is 7.78. The summed E-state index contributed by atoms with van der Waals surface area (Å²) >= 11 is 0. The lowest BCUT2D eigenvalue weighted by Crippen LogP contribution is -2.28. The number of nitrogens with zero attached hydrogens (tertiary/aromatic N) is 4. The minimum Gasteiger partial charge on any atom is -0.290 e. The number of benzene rings is 1. The first kappa shape index (κ1) is 18.9. The van der Waals surface area contributed by atoms with E-state index in [1.54, 1.807) is 0 Å². The van der Waals surface area contributed by atoms with Crippen molar-refractivity contribution in [3.63, 3.8) is 0 Å². The van der Waals surface area contributed by atoms with Crippen LogP contribution < -0.4 is 16.4 Å². The number of H-pyrrole nitrogens is 1. The van der Waals surface area contributed by atoms with E-state index in [1.165, 1.54) is 9.08 Å². The predicted molar refractivity (Wildman–Crippen MR) is 113 cm³/mol. The standard InChI is InChI=1S/C22H24N6O/c1-13(2)12-27-22(29)28-20(26-27)18(17-10-14(3)24-15(4)11-17)19(25-21(28)23)16-8-6-5-7-9-16/h5-11,13H,12H2,1-4H3,(H2,23,25)/p+1. The number of fused-ring (bicyclic) bond motifs is 1. The van der Waals surface area contributed by atoms with Gasteiger partial charge in [-0.1, -0.05) is 44.2 Å². The molecule has 0 aliphatic carbocycles. The first-order valence-corrected chi connectivity index (χ1v) is 9.70. The number of pyridine rings is 1. The maximum Gasteiger partial charge on any atom is 0.411 e. The van der Waals surface area contributed by atoms with Gasteiger partial charge in [-0.15, -0.1) is 9.50 Å². The number of aromatic nitrogens is 5. The maximum atomic E-state index is 13.0. The zero-order valence-electron chi connectivity index (χ0n) is 17.1. The monoisotopic (exact) mass is 389 g/mol. The summed E-state index contributed by atoms with van der Waals surface area (Å²) in [6, 6.07) is 13.9. The van der Waals surface area contributed by atoms with Gasteiger partial charge in [0.05, 0.1) is 12.1 Å². The van der Waals surface area contributed by atoms with Crippen LogP contribution in [-0.2, 0) is 6.54 Å². The van der Waals surface area contributed by atoms with Crippen molar-refractivity contribution in [2.75, 3.05) is 5.73 Å². The molecule has 0 aliphatic rings. The summed E-state index contributed by atoms with van der Waals surface area (Å²) in [5.74, 6) is 0.537. The van der Waals surface area contributed by atoms with Crippen LogP contribution in [0.15, 0.2) is 47.3 Å². The third kappa shape index (κ3) is 3.40. The zero-order chi connectivity index (χ0) is 20.7. The van der Waals surface area contributed by atoms with Crippen molar-refractivity contribution in [1.82, 2.24) is 19.2 Å². The smallest absolute Gasteiger partial charge is 0.290 e. The maximum absolute atomic E-state index is 13.0. The SMILES string of the molecule is Cc1cc(-c2c(-c3ccccc3)[nH+]c(N)n3c(=O)n(CC(C)C)nc23)cc(C)n1. The molecule has 3 heterocycles. The van der Waals surface area contributed by atoms with Crippen LogP contribution in [0.4, 0.5) is 5.95 Å². The van der Waals surface area contributed by atoms with Gasteiger partial charge in [0.25, 0.3) is 0 Å². The van der Waals surface area contributed by atoms with E-state index in [0.29, 0.717) is 12.2 Å². The van der Waals surface area contributed by atoms with Crippen molar-refractivity contribution in [3.05, 3.63) is 64.3 Å². The molecule has 0 atom stereocenters. The van der Waals surface area contributed by atoms with E-state index in [4.69, 9.17) is 5.73 Å². The molecule has 7 heteroatoms. The van der Waals surface area contributed by atoms with E-state index in [2.05, 4.69) is 28.9 Å². The van der Waals surface area contributed by atoms with Gasteiger partial charge in [0, 0.05) is 17.0 Å². The molecule has 4 aromatic rings. The first-order chi connectivity index (χ1) is 13.8. The third-order valence-corrected chi connectivity index (χ3v) is 4.78. The Morgan fingerprint density at radius 2 is 1.72 bits per heavy atom. The van der Waals surface area contributed by atoms with Crippen molar-refractivity contribution in [2.45, 2.75) is 34.2 Å². The Labute approximate surface area is 168 Å². The number of anilines is 1. The second-order valence-corrected chi connectivity index (χ2v) is 7.78. The molecule has 0 saturated carbocycles. The Kier molecular flexibility index (Phi) is 4.66. The van der Waals surface area contributed by atoms with Gasteiger partial charge in [-0.3, -0.25) is 10.7 Å². The van der Waals surface area contributed by atoms with Crippen molar-refractivity contribution < 1.29 is 4.98 Å². The highest BCUT2D eigenvalue weighted by molar-refractivity contribution is 5.88. The molecule has 1 aromatic carbocycles. The van der Waals surface area contributed by atoms with Crippen LogP contribution in [0.25, 0.3) is 28.0 Å². The third-order valence-electron chi connectivity index (χ3n) is 4.78. The van der Waals surface area contributed by atoms with Gasteiger partial charge in [0.1, 0.15) is 5.69 Å². The van der Waals surface area contributed by atoms with Gasteiger partial charge in [-0.25, -0.2) is 9.78 Å². The average Bonchev–Trinajstić information content (AvgIpc) is 2.97. The van der Waals surface area contributed by atoms with E-state index >= 15 is 0 Å². The molecule has 3 aromatic heterocycles. The molecule has 0 spiro atoms. The molecular formula is C22H25N6O+. The van der Waals surface area contributed by atoms with E-state index in [9.17, 15) is 4.79 Å². The minimum atomic E-state index is -0.245. The molecule has 0 unspecified atom stereocenters. The zero-order valence-corrected chi connectivity index (χ0v) is 17.1. The number of aromatic amines is 1. The van der Waals surface area contributed by atoms with E-state index in [-0.39, 0.29) is 17.6 Å². The number of rotatable bonds is 4. The number of nitrogens with one attached hydrogen (secondary N) is 1. The molecule has 4 rings (SSSR count). The average molecular weight is 389 g/mol. The highest BCUT2D eigenvalue weighted by atomic mass is 16.2. The summed E-state index contributed by atoms with van der Waals surface area (Å²) in [6.07, 6.45) is 0. The molecule has 3 N–H and O–H groups in total. The number of hydrogen-bond donors (Lipinski definition) is 1. The summed E-state index contributed by atoms with van der Waals surface area (Å²) in [6.45, 7) is 8.55. The molecular weight excluding hydrogens is 364 g/mol. The molecule has 0 saturated heterocycles. The topological polar surface area (TPSA) is 92.3 Å².